The molecule has 0 saturated carbocycles. The Morgan fingerprint density at radius 3 is 2.77 bits per heavy atom. The molecule has 0 radical (unpaired) electrons. The lowest BCUT2D eigenvalue weighted by Crippen LogP contribution is -2.18. The zero-order valence-corrected chi connectivity index (χ0v) is 12.4. The largest absolute Gasteiger partial charge is 0.478 e. The molecule has 1 N–H and O–H groups in total. The first-order chi connectivity index (χ1) is 10.5. The maximum atomic E-state index is 11.1. The Morgan fingerprint density at radius 1 is 1.27 bits per heavy atom. The number of rotatable bonds is 3. The summed E-state index contributed by atoms with van der Waals surface area (Å²) in [5.41, 5.74) is 3.94. The van der Waals surface area contributed by atoms with Crippen molar-refractivity contribution in [3.63, 3.8) is 0 Å². The predicted molar refractivity (Wildman–Crippen MR) is 82.1 cm³/mol. The molecule has 0 fully saturated rings. The van der Waals surface area contributed by atoms with Crippen molar-refractivity contribution in [2.45, 2.75) is 19.9 Å². The lowest BCUT2D eigenvalue weighted by atomic mass is 10.1. The van der Waals surface area contributed by atoms with E-state index in [0.29, 0.717) is 6.54 Å². The van der Waals surface area contributed by atoms with Crippen molar-refractivity contribution in [3.8, 4) is 0 Å². The molecule has 0 aliphatic carbocycles. The molecule has 1 aromatic heterocycles. The van der Waals surface area contributed by atoms with Crippen LogP contribution in [-0.4, -0.2) is 22.6 Å². The minimum atomic E-state index is -0.948. The molecule has 1 atom stereocenters. The summed E-state index contributed by atoms with van der Waals surface area (Å²) in [6.45, 7) is 4.44. The third kappa shape index (κ3) is 2.67. The van der Waals surface area contributed by atoms with Gasteiger partial charge in [0.2, 0.25) is 0 Å². The van der Waals surface area contributed by atoms with E-state index in [1.54, 1.807) is 23.2 Å². The van der Waals surface area contributed by atoms with Crippen LogP contribution in [0, 0.1) is 13.8 Å². The Hall–Kier alpha value is -2.76. The highest BCUT2D eigenvalue weighted by molar-refractivity contribution is 5.89. The third-order valence-corrected chi connectivity index (χ3v) is 3.70. The van der Waals surface area contributed by atoms with E-state index in [0.717, 1.165) is 22.5 Å². The number of aromatic nitrogens is 1. The van der Waals surface area contributed by atoms with E-state index < -0.39 is 5.97 Å². The molecule has 0 saturated heterocycles. The molecule has 0 amide bonds. The molecular formula is C16H16N4O2. The molecule has 22 heavy (non-hydrogen) atoms. The van der Waals surface area contributed by atoms with Crippen molar-refractivity contribution in [2.75, 3.05) is 11.6 Å². The lowest BCUT2D eigenvalue weighted by molar-refractivity contribution is 0.0697. The first-order valence-corrected chi connectivity index (χ1v) is 6.99. The van der Waals surface area contributed by atoms with E-state index in [9.17, 15) is 4.79 Å². The van der Waals surface area contributed by atoms with Gasteiger partial charge in [-0.05, 0) is 43.2 Å². The highest BCUT2D eigenvalue weighted by atomic mass is 16.4. The fourth-order valence-corrected chi connectivity index (χ4v) is 2.38. The average molecular weight is 296 g/mol. The van der Waals surface area contributed by atoms with E-state index >= 15 is 0 Å². The number of carbonyl (C=O) groups is 1. The van der Waals surface area contributed by atoms with Gasteiger partial charge in [-0.25, -0.2) is 9.80 Å². The minimum absolute atomic E-state index is 0.0824. The van der Waals surface area contributed by atoms with Gasteiger partial charge in [0, 0.05) is 11.9 Å². The summed E-state index contributed by atoms with van der Waals surface area (Å²) >= 11 is 0. The van der Waals surface area contributed by atoms with Crippen molar-refractivity contribution < 1.29 is 9.90 Å². The first kappa shape index (κ1) is 14.2. The molecule has 1 aliphatic rings. The van der Waals surface area contributed by atoms with Crippen LogP contribution < -0.4 is 5.01 Å². The van der Waals surface area contributed by atoms with Crippen LogP contribution in [0.2, 0.25) is 0 Å². The standard InChI is InChI=1S/C16H16N4O2/c1-10-3-5-12(16(21)22)7-15(10)20-9-14(18-19-20)13-6-4-11(2)17-8-13/h3-8,14H,9H2,1-2H3,(H,21,22). The van der Waals surface area contributed by atoms with Crippen molar-refractivity contribution in [1.82, 2.24) is 4.98 Å². The van der Waals surface area contributed by atoms with Crippen LogP contribution in [0.3, 0.4) is 0 Å². The fourth-order valence-electron chi connectivity index (χ4n) is 2.38. The molecule has 2 aromatic rings. The number of carboxylic acid groups (broad SMARTS) is 1. The zero-order valence-electron chi connectivity index (χ0n) is 12.4. The van der Waals surface area contributed by atoms with Gasteiger partial charge in [0.15, 0.2) is 0 Å². The van der Waals surface area contributed by atoms with Gasteiger partial charge in [0.1, 0.15) is 6.04 Å². The number of pyridine rings is 1. The Morgan fingerprint density at radius 2 is 2.09 bits per heavy atom. The van der Waals surface area contributed by atoms with Gasteiger partial charge in [-0.1, -0.05) is 17.4 Å². The molecule has 0 bridgehead atoms. The van der Waals surface area contributed by atoms with Crippen LogP contribution in [0.1, 0.15) is 33.2 Å². The van der Waals surface area contributed by atoms with Crippen molar-refractivity contribution in [2.24, 2.45) is 10.3 Å². The third-order valence-electron chi connectivity index (χ3n) is 3.70. The van der Waals surface area contributed by atoms with E-state index in [4.69, 9.17) is 5.11 Å². The van der Waals surface area contributed by atoms with Crippen LogP contribution in [-0.2, 0) is 0 Å². The SMILES string of the molecule is Cc1ccc(C2CN(c3cc(C(=O)O)ccc3C)N=N2)cn1. The first-order valence-electron chi connectivity index (χ1n) is 6.99. The number of nitrogens with zero attached hydrogens (tertiary/aromatic N) is 4. The van der Waals surface area contributed by atoms with Gasteiger partial charge in [-0.15, -0.1) is 0 Å². The second kappa shape index (κ2) is 5.55. The van der Waals surface area contributed by atoms with Gasteiger partial charge in [0.25, 0.3) is 0 Å². The second-order valence-electron chi connectivity index (χ2n) is 5.34. The normalized spacial score (nSPS) is 17.0. The lowest BCUT2D eigenvalue weighted by Gasteiger charge is -2.17. The summed E-state index contributed by atoms with van der Waals surface area (Å²) in [7, 11) is 0. The highest BCUT2D eigenvalue weighted by Crippen LogP contribution is 2.31. The van der Waals surface area contributed by atoms with Crippen LogP contribution in [0.25, 0.3) is 0 Å². The van der Waals surface area contributed by atoms with Gasteiger partial charge in [-0.3, -0.25) is 4.98 Å². The average Bonchev–Trinajstić information content (AvgIpc) is 2.98. The van der Waals surface area contributed by atoms with Crippen LogP contribution in [0.4, 0.5) is 5.69 Å². The minimum Gasteiger partial charge on any atom is -0.478 e. The summed E-state index contributed by atoms with van der Waals surface area (Å²) in [5, 5.41) is 19.3. The molecule has 3 rings (SSSR count). The van der Waals surface area contributed by atoms with Gasteiger partial charge < -0.3 is 5.11 Å². The number of anilines is 1. The smallest absolute Gasteiger partial charge is 0.335 e. The summed E-state index contributed by atoms with van der Waals surface area (Å²) in [6.07, 6.45) is 1.81. The number of hydrogen-bond acceptors (Lipinski definition) is 5. The summed E-state index contributed by atoms with van der Waals surface area (Å²) < 4.78 is 0. The number of hydrogen-bond donors (Lipinski definition) is 1. The molecular weight excluding hydrogens is 280 g/mol. The molecule has 2 heterocycles. The highest BCUT2D eigenvalue weighted by Gasteiger charge is 2.24. The van der Waals surface area contributed by atoms with Gasteiger partial charge in [0.05, 0.1) is 17.8 Å². The van der Waals surface area contributed by atoms with Crippen LogP contribution >= 0.6 is 0 Å². The molecule has 6 heteroatoms. The molecule has 1 aliphatic heterocycles. The Balaban J connectivity index is 1.84. The fraction of sp³-hybridized carbons (Fsp3) is 0.250. The quantitative estimate of drug-likeness (QED) is 0.942. The second-order valence-corrected chi connectivity index (χ2v) is 5.34. The van der Waals surface area contributed by atoms with E-state index in [2.05, 4.69) is 15.3 Å². The molecule has 112 valence electrons. The van der Waals surface area contributed by atoms with E-state index in [-0.39, 0.29) is 11.6 Å². The Kier molecular flexibility index (Phi) is 3.58. The number of aryl methyl sites for hydroxylation is 2. The Labute approximate surface area is 128 Å². The zero-order chi connectivity index (χ0) is 15.7. The summed E-state index contributed by atoms with van der Waals surface area (Å²) in [5.74, 6) is -0.948. The van der Waals surface area contributed by atoms with Gasteiger partial charge in [-0.2, -0.15) is 5.11 Å². The van der Waals surface area contributed by atoms with Crippen molar-refractivity contribution in [3.05, 3.63) is 58.9 Å². The molecule has 0 spiro atoms. The van der Waals surface area contributed by atoms with E-state index in [1.165, 1.54) is 0 Å². The van der Waals surface area contributed by atoms with Gasteiger partial charge >= 0.3 is 5.97 Å². The Bertz CT molecular complexity index is 740. The number of carboxylic acids is 1. The molecule has 6 nitrogen and oxygen atoms in total. The topological polar surface area (TPSA) is 78.2 Å². The summed E-state index contributed by atoms with van der Waals surface area (Å²) in [6, 6.07) is 8.87. The number of aromatic carboxylic acids is 1. The van der Waals surface area contributed by atoms with Crippen LogP contribution in [0.5, 0.6) is 0 Å². The van der Waals surface area contributed by atoms with E-state index in [1.807, 2.05) is 32.2 Å². The summed E-state index contributed by atoms with van der Waals surface area (Å²) in [4.78, 5) is 15.4. The van der Waals surface area contributed by atoms with Crippen molar-refractivity contribution in [1.29, 1.82) is 0 Å². The van der Waals surface area contributed by atoms with Crippen LogP contribution in [0.15, 0.2) is 46.9 Å². The van der Waals surface area contributed by atoms with Crippen molar-refractivity contribution >= 4 is 11.7 Å². The maximum Gasteiger partial charge on any atom is 0.335 e. The molecule has 1 unspecified atom stereocenters. The number of benzene rings is 1. The monoisotopic (exact) mass is 296 g/mol. The maximum absolute atomic E-state index is 11.1. The predicted octanol–water partition coefficient (Wildman–Crippen LogP) is 3.33. The molecule has 1 aromatic carbocycles.